The lowest BCUT2D eigenvalue weighted by Gasteiger charge is -2.00. The van der Waals surface area contributed by atoms with Gasteiger partial charge in [0.05, 0.1) is 16.9 Å². The predicted octanol–water partition coefficient (Wildman–Crippen LogP) is 3.48. The molecule has 0 aliphatic heterocycles. The average Bonchev–Trinajstić information content (AvgIpc) is 2.22. The lowest BCUT2D eigenvalue weighted by Crippen LogP contribution is -1.93. The van der Waals surface area contributed by atoms with Crippen molar-refractivity contribution in [3.63, 3.8) is 0 Å². The molecule has 0 saturated heterocycles. The van der Waals surface area contributed by atoms with Crippen LogP contribution in [0.25, 0.3) is 0 Å². The topological polar surface area (TPSA) is 25.8 Å². The molecule has 0 atom stereocenters. The molecule has 0 aliphatic rings. The smallest absolute Gasteiger partial charge is 0.0689 e. The summed E-state index contributed by atoms with van der Waals surface area (Å²) in [6.45, 7) is 0. The number of aromatic nitrogens is 2. The van der Waals surface area contributed by atoms with E-state index in [1.807, 2.05) is 30.3 Å². The van der Waals surface area contributed by atoms with Gasteiger partial charge in [-0.3, -0.25) is 0 Å². The maximum atomic E-state index is 5.83. The molecule has 1 heterocycles. The van der Waals surface area contributed by atoms with E-state index >= 15 is 0 Å². The van der Waals surface area contributed by atoms with Crippen LogP contribution < -0.4 is 0 Å². The van der Waals surface area contributed by atoms with E-state index in [-0.39, 0.29) is 0 Å². The first kappa shape index (κ1) is 10.6. The summed E-state index contributed by atoms with van der Waals surface area (Å²) in [5, 5.41) is 8.44. The van der Waals surface area contributed by atoms with Crippen molar-refractivity contribution in [1.82, 2.24) is 10.2 Å². The third kappa shape index (κ3) is 3.01. The number of rotatable bonds is 2. The van der Waals surface area contributed by atoms with E-state index in [2.05, 4.69) is 26.1 Å². The van der Waals surface area contributed by atoms with Gasteiger partial charge in [0.1, 0.15) is 0 Å². The van der Waals surface area contributed by atoms with Crippen LogP contribution in [0.15, 0.2) is 41.0 Å². The fraction of sp³-hybridized carbons (Fsp3) is 0.0909. The van der Waals surface area contributed by atoms with Crippen LogP contribution in [0.3, 0.4) is 0 Å². The quantitative estimate of drug-likeness (QED) is 0.843. The molecule has 76 valence electrons. The summed E-state index contributed by atoms with van der Waals surface area (Å²) in [5.41, 5.74) is 2.07. The van der Waals surface area contributed by atoms with Crippen LogP contribution in [0.5, 0.6) is 0 Å². The Morgan fingerprint density at radius 1 is 1.20 bits per heavy atom. The van der Waals surface area contributed by atoms with E-state index in [4.69, 9.17) is 11.6 Å². The van der Waals surface area contributed by atoms with Crippen LogP contribution >= 0.6 is 27.5 Å². The highest BCUT2D eigenvalue weighted by Gasteiger charge is 1.99. The highest BCUT2D eigenvalue weighted by atomic mass is 79.9. The fourth-order valence-corrected chi connectivity index (χ4v) is 1.72. The lowest BCUT2D eigenvalue weighted by atomic mass is 10.1. The van der Waals surface area contributed by atoms with Gasteiger partial charge in [-0.15, -0.1) is 0 Å². The first-order valence-corrected chi connectivity index (χ1v) is 5.63. The molecule has 2 rings (SSSR count). The Morgan fingerprint density at radius 2 is 1.93 bits per heavy atom. The second-order valence-corrected chi connectivity index (χ2v) is 4.52. The molecule has 0 bridgehead atoms. The van der Waals surface area contributed by atoms with Gasteiger partial charge in [0.2, 0.25) is 0 Å². The molecule has 0 spiro atoms. The van der Waals surface area contributed by atoms with Crippen LogP contribution in [-0.4, -0.2) is 10.2 Å². The monoisotopic (exact) mass is 282 g/mol. The van der Waals surface area contributed by atoms with Gasteiger partial charge in [0.15, 0.2) is 0 Å². The van der Waals surface area contributed by atoms with E-state index in [9.17, 15) is 0 Å². The summed E-state index contributed by atoms with van der Waals surface area (Å²) in [6, 6.07) is 9.94. The molecule has 15 heavy (non-hydrogen) atoms. The van der Waals surface area contributed by atoms with Gasteiger partial charge in [-0.1, -0.05) is 39.7 Å². The zero-order valence-corrected chi connectivity index (χ0v) is 10.2. The molecule has 0 saturated carbocycles. The summed E-state index contributed by atoms with van der Waals surface area (Å²) >= 11 is 9.22. The first-order valence-electron chi connectivity index (χ1n) is 4.45. The van der Waals surface area contributed by atoms with Gasteiger partial charge >= 0.3 is 0 Å². The van der Waals surface area contributed by atoms with Gasteiger partial charge in [-0.25, -0.2) is 0 Å². The highest BCUT2D eigenvalue weighted by Crippen LogP contribution is 2.14. The SMILES string of the molecule is Clc1cnnc(Cc2ccc(Br)cc2)c1. The number of nitrogens with zero attached hydrogens (tertiary/aromatic N) is 2. The number of hydrogen-bond donors (Lipinski definition) is 0. The number of benzene rings is 1. The molecule has 1 aromatic carbocycles. The Labute approximate surface area is 101 Å². The third-order valence-corrected chi connectivity index (χ3v) is 2.71. The van der Waals surface area contributed by atoms with Crippen molar-refractivity contribution in [2.45, 2.75) is 6.42 Å². The van der Waals surface area contributed by atoms with E-state index < -0.39 is 0 Å². The van der Waals surface area contributed by atoms with Crippen LogP contribution in [0.1, 0.15) is 11.3 Å². The molecule has 0 amide bonds. The Morgan fingerprint density at radius 3 is 2.60 bits per heavy atom. The van der Waals surface area contributed by atoms with Gasteiger partial charge in [0.25, 0.3) is 0 Å². The average molecular weight is 284 g/mol. The summed E-state index contributed by atoms with van der Waals surface area (Å²) < 4.78 is 1.07. The molecule has 4 heteroatoms. The molecule has 0 N–H and O–H groups in total. The Bertz CT molecular complexity index is 456. The third-order valence-electron chi connectivity index (χ3n) is 1.97. The van der Waals surface area contributed by atoms with Crippen molar-refractivity contribution in [3.05, 3.63) is 57.3 Å². The van der Waals surface area contributed by atoms with E-state index in [1.165, 1.54) is 11.8 Å². The Balaban J connectivity index is 2.18. The molecule has 0 aliphatic carbocycles. The van der Waals surface area contributed by atoms with E-state index in [0.717, 1.165) is 16.6 Å². The molecular formula is C11H8BrClN2. The zero-order chi connectivity index (χ0) is 10.7. The van der Waals surface area contributed by atoms with Crippen molar-refractivity contribution < 1.29 is 0 Å². The van der Waals surface area contributed by atoms with Crippen LogP contribution in [0.2, 0.25) is 5.02 Å². The van der Waals surface area contributed by atoms with Gasteiger partial charge < -0.3 is 0 Å². The standard InChI is InChI=1S/C11H8BrClN2/c12-9-3-1-8(2-4-9)5-11-6-10(13)7-14-15-11/h1-4,6-7H,5H2. The van der Waals surface area contributed by atoms with Crippen molar-refractivity contribution in [3.8, 4) is 0 Å². The van der Waals surface area contributed by atoms with Gasteiger partial charge in [-0.05, 0) is 23.8 Å². The molecule has 2 aromatic rings. The summed E-state index contributed by atoms with van der Waals surface area (Å²) in [6.07, 6.45) is 2.29. The summed E-state index contributed by atoms with van der Waals surface area (Å²) in [5.74, 6) is 0. The number of halogens is 2. The van der Waals surface area contributed by atoms with Crippen LogP contribution in [0, 0.1) is 0 Å². The van der Waals surface area contributed by atoms with Crippen molar-refractivity contribution in [2.75, 3.05) is 0 Å². The molecule has 0 fully saturated rings. The predicted molar refractivity (Wildman–Crippen MR) is 64.0 cm³/mol. The molecular weight excluding hydrogens is 275 g/mol. The highest BCUT2D eigenvalue weighted by molar-refractivity contribution is 9.10. The van der Waals surface area contributed by atoms with E-state index in [1.54, 1.807) is 0 Å². The zero-order valence-electron chi connectivity index (χ0n) is 7.82. The summed E-state index contributed by atoms with van der Waals surface area (Å²) in [4.78, 5) is 0. The minimum Gasteiger partial charge on any atom is -0.157 e. The Kier molecular flexibility index (Phi) is 3.34. The maximum Gasteiger partial charge on any atom is 0.0689 e. The Hall–Kier alpha value is -0.930. The van der Waals surface area contributed by atoms with Crippen LogP contribution in [0.4, 0.5) is 0 Å². The minimum atomic E-state index is 0.622. The number of hydrogen-bond acceptors (Lipinski definition) is 2. The fourth-order valence-electron chi connectivity index (χ4n) is 1.28. The van der Waals surface area contributed by atoms with Crippen molar-refractivity contribution in [2.24, 2.45) is 0 Å². The largest absolute Gasteiger partial charge is 0.157 e. The van der Waals surface area contributed by atoms with Crippen molar-refractivity contribution in [1.29, 1.82) is 0 Å². The molecule has 1 aromatic heterocycles. The van der Waals surface area contributed by atoms with Crippen LogP contribution in [-0.2, 0) is 6.42 Å². The second-order valence-electron chi connectivity index (χ2n) is 3.17. The first-order chi connectivity index (χ1) is 7.24. The normalized spacial score (nSPS) is 10.3. The van der Waals surface area contributed by atoms with Gasteiger partial charge in [-0.2, -0.15) is 10.2 Å². The second kappa shape index (κ2) is 4.73. The molecule has 2 nitrogen and oxygen atoms in total. The molecule has 0 unspecified atom stereocenters. The minimum absolute atomic E-state index is 0.622. The maximum absolute atomic E-state index is 5.83. The summed E-state index contributed by atoms with van der Waals surface area (Å²) in [7, 11) is 0. The van der Waals surface area contributed by atoms with Gasteiger partial charge in [0, 0.05) is 10.9 Å². The van der Waals surface area contributed by atoms with Crippen molar-refractivity contribution >= 4 is 27.5 Å². The molecule has 0 radical (unpaired) electrons. The van der Waals surface area contributed by atoms with E-state index in [0.29, 0.717) is 5.02 Å². The lowest BCUT2D eigenvalue weighted by molar-refractivity contribution is 0.937.